The lowest BCUT2D eigenvalue weighted by atomic mass is 10.2. The third-order valence-electron chi connectivity index (χ3n) is 4.10. The van der Waals surface area contributed by atoms with Gasteiger partial charge in [0.25, 0.3) is 0 Å². The normalized spacial score (nSPS) is 16.2. The predicted molar refractivity (Wildman–Crippen MR) is 106 cm³/mol. The number of aromatic nitrogens is 2. The molecule has 1 aromatic carbocycles. The lowest BCUT2D eigenvalue weighted by Gasteiger charge is -2.23. The molecule has 1 aliphatic rings. The van der Waals surface area contributed by atoms with E-state index in [1.54, 1.807) is 0 Å². The highest BCUT2D eigenvalue weighted by atomic mass is 35.5. The van der Waals surface area contributed by atoms with Crippen molar-refractivity contribution in [3.05, 3.63) is 54.1 Å². The first kappa shape index (κ1) is 22.4. The Kier molecular flexibility index (Phi) is 10.3. The van der Waals surface area contributed by atoms with Gasteiger partial charge in [0.2, 0.25) is 5.91 Å². The van der Waals surface area contributed by atoms with E-state index in [1.807, 2.05) is 30.6 Å². The summed E-state index contributed by atoms with van der Waals surface area (Å²) >= 11 is 0. The Labute approximate surface area is 166 Å². The van der Waals surface area contributed by atoms with Crippen LogP contribution in [0.25, 0.3) is 0 Å². The van der Waals surface area contributed by atoms with Gasteiger partial charge >= 0.3 is 0 Å². The van der Waals surface area contributed by atoms with Gasteiger partial charge in [-0.05, 0) is 5.56 Å². The minimum atomic E-state index is 0. The smallest absolute Gasteiger partial charge is 0.221 e. The molecule has 0 bridgehead atoms. The van der Waals surface area contributed by atoms with Crippen molar-refractivity contribution in [3.63, 3.8) is 0 Å². The van der Waals surface area contributed by atoms with Crippen LogP contribution in [0, 0.1) is 0 Å². The van der Waals surface area contributed by atoms with Gasteiger partial charge in [-0.25, -0.2) is 4.98 Å². The first-order valence-corrected chi connectivity index (χ1v) is 8.43. The standard InChI is InChI=1S/C18H24N4O2.2ClH/c23-18(12-16-14-24-11-9-19-16)21-7-6-17-20-8-10-22(17)13-15-4-2-1-3-5-15;;/h1-5,8,10,16,19H,6-7,9,11-14H2,(H,21,23);2*1H. The predicted octanol–water partition coefficient (Wildman–Crippen LogP) is 1.81. The van der Waals surface area contributed by atoms with Gasteiger partial charge in [-0.1, -0.05) is 30.3 Å². The SMILES string of the molecule is Cl.Cl.O=C(CC1COCCN1)NCCc1nccn1Cc1ccccc1. The third kappa shape index (κ3) is 6.96. The van der Waals surface area contributed by atoms with E-state index in [0.717, 1.165) is 31.9 Å². The van der Waals surface area contributed by atoms with E-state index in [2.05, 4.69) is 32.3 Å². The van der Waals surface area contributed by atoms with Crippen molar-refractivity contribution in [2.45, 2.75) is 25.4 Å². The quantitative estimate of drug-likeness (QED) is 0.743. The maximum absolute atomic E-state index is 12.0. The van der Waals surface area contributed by atoms with Crippen LogP contribution in [0.15, 0.2) is 42.7 Å². The molecule has 6 nitrogen and oxygen atoms in total. The van der Waals surface area contributed by atoms with E-state index in [0.29, 0.717) is 19.6 Å². The summed E-state index contributed by atoms with van der Waals surface area (Å²) in [7, 11) is 0. The zero-order chi connectivity index (χ0) is 16.6. The molecule has 8 heteroatoms. The van der Waals surface area contributed by atoms with Gasteiger partial charge in [0.15, 0.2) is 0 Å². The van der Waals surface area contributed by atoms with Crippen molar-refractivity contribution in [3.8, 4) is 0 Å². The topological polar surface area (TPSA) is 68.2 Å². The lowest BCUT2D eigenvalue weighted by Crippen LogP contribution is -2.44. The molecule has 26 heavy (non-hydrogen) atoms. The first-order chi connectivity index (χ1) is 11.8. The molecular formula is C18H26Cl2N4O2. The zero-order valence-electron chi connectivity index (χ0n) is 14.6. The van der Waals surface area contributed by atoms with Gasteiger partial charge in [-0.3, -0.25) is 4.79 Å². The van der Waals surface area contributed by atoms with E-state index in [-0.39, 0.29) is 36.8 Å². The summed E-state index contributed by atoms with van der Waals surface area (Å²) in [5.74, 6) is 1.04. The molecular weight excluding hydrogens is 375 g/mol. The highest BCUT2D eigenvalue weighted by molar-refractivity contribution is 5.85. The third-order valence-corrected chi connectivity index (χ3v) is 4.10. The molecule has 3 rings (SSSR count). The molecule has 1 saturated heterocycles. The number of hydrogen-bond donors (Lipinski definition) is 2. The molecule has 1 aromatic heterocycles. The van der Waals surface area contributed by atoms with Crippen molar-refractivity contribution in [2.75, 3.05) is 26.3 Å². The molecule has 1 unspecified atom stereocenters. The van der Waals surface area contributed by atoms with Crippen molar-refractivity contribution in [1.29, 1.82) is 0 Å². The van der Waals surface area contributed by atoms with Crippen molar-refractivity contribution in [2.24, 2.45) is 0 Å². The number of rotatable bonds is 7. The van der Waals surface area contributed by atoms with Gasteiger partial charge < -0.3 is 19.9 Å². The average Bonchev–Trinajstić information content (AvgIpc) is 3.04. The number of benzene rings is 1. The number of ether oxygens (including phenoxy) is 1. The summed E-state index contributed by atoms with van der Waals surface area (Å²) in [6, 6.07) is 10.4. The van der Waals surface area contributed by atoms with Crippen LogP contribution in [0.5, 0.6) is 0 Å². The lowest BCUT2D eigenvalue weighted by molar-refractivity contribution is -0.122. The molecule has 1 atom stereocenters. The number of nitrogens with zero attached hydrogens (tertiary/aromatic N) is 2. The summed E-state index contributed by atoms with van der Waals surface area (Å²) in [4.78, 5) is 16.4. The summed E-state index contributed by atoms with van der Waals surface area (Å²) in [5, 5.41) is 6.26. The van der Waals surface area contributed by atoms with Crippen LogP contribution >= 0.6 is 24.8 Å². The molecule has 0 aliphatic carbocycles. The maximum Gasteiger partial charge on any atom is 0.221 e. The number of morpholine rings is 1. The molecule has 144 valence electrons. The number of carbonyl (C=O) groups is 1. The second-order valence-electron chi connectivity index (χ2n) is 5.99. The number of hydrogen-bond acceptors (Lipinski definition) is 4. The van der Waals surface area contributed by atoms with Gasteiger partial charge in [-0.15, -0.1) is 24.8 Å². The Morgan fingerprint density at radius 1 is 1.31 bits per heavy atom. The average molecular weight is 401 g/mol. The Morgan fingerprint density at radius 2 is 2.12 bits per heavy atom. The van der Waals surface area contributed by atoms with Gasteiger partial charge in [0, 0.05) is 50.9 Å². The second-order valence-corrected chi connectivity index (χ2v) is 5.99. The van der Waals surface area contributed by atoms with Crippen LogP contribution in [0.4, 0.5) is 0 Å². The number of nitrogens with one attached hydrogen (secondary N) is 2. The fraction of sp³-hybridized carbons (Fsp3) is 0.444. The van der Waals surface area contributed by atoms with E-state index in [9.17, 15) is 4.79 Å². The number of halogens is 2. The van der Waals surface area contributed by atoms with Gasteiger partial charge in [0.1, 0.15) is 5.82 Å². The molecule has 2 aromatic rings. The Morgan fingerprint density at radius 3 is 2.85 bits per heavy atom. The van der Waals surface area contributed by atoms with E-state index in [1.165, 1.54) is 5.56 Å². The zero-order valence-corrected chi connectivity index (χ0v) is 16.2. The molecule has 2 N–H and O–H groups in total. The molecule has 1 fully saturated rings. The van der Waals surface area contributed by atoms with Crippen molar-refractivity contribution >= 4 is 30.7 Å². The van der Waals surface area contributed by atoms with Crippen LogP contribution in [0.2, 0.25) is 0 Å². The second kappa shape index (κ2) is 11.9. The maximum atomic E-state index is 12.0. The van der Waals surface area contributed by atoms with Crippen LogP contribution in [0.1, 0.15) is 17.8 Å². The van der Waals surface area contributed by atoms with Crippen LogP contribution < -0.4 is 10.6 Å². The summed E-state index contributed by atoms with van der Waals surface area (Å²) in [6.07, 6.45) is 4.97. The summed E-state index contributed by atoms with van der Waals surface area (Å²) in [5.41, 5.74) is 1.24. The summed E-state index contributed by atoms with van der Waals surface area (Å²) in [6.45, 7) is 3.54. The van der Waals surface area contributed by atoms with Gasteiger partial charge in [-0.2, -0.15) is 0 Å². The minimum Gasteiger partial charge on any atom is -0.378 e. The molecule has 1 aliphatic heterocycles. The molecule has 1 amide bonds. The van der Waals surface area contributed by atoms with E-state index >= 15 is 0 Å². The molecule has 0 radical (unpaired) electrons. The molecule has 0 spiro atoms. The molecule has 0 saturated carbocycles. The van der Waals surface area contributed by atoms with Crippen molar-refractivity contribution in [1.82, 2.24) is 20.2 Å². The van der Waals surface area contributed by atoms with Gasteiger partial charge in [0.05, 0.1) is 13.2 Å². The highest BCUT2D eigenvalue weighted by Crippen LogP contribution is 2.06. The Balaban J connectivity index is 0.00000169. The van der Waals surface area contributed by atoms with Crippen LogP contribution in [0.3, 0.4) is 0 Å². The Bertz CT molecular complexity index is 646. The highest BCUT2D eigenvalue weighted by Gasteiger charge is 2.16. The number of amides is 1. The Hall–Kier alpha value is -1.60. The molecule has 2 heterocycles. The summed E-state index contributed by atoms with van der Waals surface area (Å²) < 4.78 is 7.49. The van der Waals surface area contributed by atoms with E-state index in [4.69, 9.17) is 4.74 Å². The largest absolute Gasteiger partial charge is 0.378 e. The monoisotopic (exact) mass is 400 g/mol. The van der Waals surface area contributed by atoms with Crippen molar-refractivity contribution < 1.29 is 9.53 Å². The van der Waals surface area contributed by atoms with Crippen LogP contribution in [-0.4, -0.2) is 47.8 Å². The fourth-order valence-electron chi connectivity index (χ4n) is 2.85. The minimum absolute atomic E-state index is 0. The fourth-order valence-corrected chi connectivity index (χ4v) is 2.85. The number of carbonyl (C=O) groups excluding carboxylic acids is 1. The number of imidazole rings is 1. The van der Waals surface area contributed by atoms with E-state index < -0.39 is 0 Å². The van der Waals surface area contributed by atoms with Crippen LogP contribution in [-0.2, 0) is 22.5 Å². The first-order valence-electron chi connectivity index (χ1n) is 8.43.